The summed E-state index contributed by atoms with van der Waals surface area (Å²) < 4.78 is 27.8. The van der Waals surface area contributed by atoms with Gasteiger partial charge in [0.15, 0.2) is 0 Å². The molecule has 2 aromatic carbocycles. The molecule has 2 amide bonds. The second-order valence-electron chi connectivity index (χ2n) is 7.62. The predicted molar refractivity (Wildman–Crippen MR) is 126 cm³/mol. The number of sulfonamides is 1. The number of pyridine rings is 1. The first kappa shape index (κ1) is 24.1. The zero-order chi connectivity index (χ0) is 24.0. The lowest BCUT2D eigenvalue weighted by atomic mass is 10.1. The highest BCUT2D eigenvalue weighted by Gasteiger charge is 2.19. The molecule has 3 N–H and O–H groups in total. The molecule has 0 unspecified atom stereocenters. The first-order chi connectivity index (χ1) is 15.7. The Labute approximate surface area is 193 Å². The zero-order valence-corrected chi connectivity index (χ0v) is 19.5. The summed E-state index contributed by atoms with van der Waals surface area (Å²) >= 11 is 0. The number of anilines is 1. The first-order valence-electron chi connectivity index (χ1n) is 10.3. The van der Waals surface area contributed by atoms with Gasteiger partial charge in [-0.2, -0.15) is 0 Å². The van der Waals surface area contributed by atoms with Crippen molar-refractivity contribution in [1.82, 2.24) is 15.0 Å². The minimum absolute atomic E-state index is 0.101. The van der Waals surface area contributed by atoms with Gasteiger partial charge in [0.2, 0.25) is 15.9 Å². The molecular weight excluding hydrogens is 440 g/mol. The number of benzene rings is 2. The molecule has 0 atom stereocenters. The largest absolute Gasteiger partial charge is 0.346 e. The molecule has 0 saturated heterocycles. The molecule has 0 bridgehead atoms. The van der Waals surface area contributed by atoms with Gasteiger partial charge in [-0.15, -0.1) is 0 Å². The Bertz CT molecular complexity index is 1250. The minimum Gasteiger partial charge on any atom is -0.346 e. The number of carbonyl (C=O) groups is 2. The molecular formula is C24H26N4O4S. The Morgan fingerprint density at radius 1 is 0.909 bits per heavy atom. The Kier molecular flexibility index (Phi) is 7.57. The monoisotopic (exact) mass is 466 g/mol. The number of hydrogen-bond donors (Lipinski definition) is 3. The maximum Gasteiger partial charge on any atom is 0.251 e. The lowest BCUT2D eigenvalue weighted by Crippen LogP contribution is -2.33. The normalized spacial score (nSPS) is 11.1. The summed E-state index contributed by atoms with van der Waals surface area (Å²) in [5, 5.41) is 5.48. The third-order valence-corrected chi connectivity index (χ3v) is 6.49. The predicted octanol–water partition coefficient (Wildman–Crippen LogP) is 2.85. The van der Waals surface area contributed by atoms with E-state index in [9.17, 15) is 18.0 Å². The molecule has 0 aliphatic rings. The van der Waals surface area contributed by atoms with Crippen molar-refractivity contribution in [3.8, 4) is 0 Å². The molecule has 3 aromatic rings. The first-order valence-corrected chi connectivity index (χ1v) is 11.8. The number of nitrogens with zero attached hydrogens (tertiary/aromatic N) is 1. The molecule has 33 heavy (non-hydrogen) atoms. The Balaban J connectivity index is 1.67. The molecule has 0 saturated carbocycles. The van der Waals surface area contributed by atoms with Crippen LogP contribution in [0.1, 0.15) is 32.7 Å². The average molecular weight is 467 g/mol. The maximum atomic E-state index is 12.8. The van der Waals surface area contributed by atoms with E-state index >= 15 is 0 Å². The second-order valence-corrected chi connectivity index (χ2v) is 9.39. The van der Waals surface area contributed by atoms with Crippen molar-refractivity contribution in [3.63, 3.8) is 0 Å². The van der Waals surface area contributed by atoms with Crippen LogP contribution in [0.3, 0.4) is 0 Å². The number of aromatic nitrogens is 1. The molecule has 0 spiro atoms. The lowest BCUT2D eigenvalue weighted by molar-refractivity contribution is -0.115. The SMILES string of the molecule is Cc1ccc(S(=O)(=O)NCC(=O)Nc2c(C)cccc2C)cc1C(=O)NCc1ccccn1. The fourth-order valence-corrected chi connectivity index (χ4v) is 4.23. The molecule has 9 heteroatoms. The van der Waals surface area contributed by atoms with E-state index in [1.54, 1.807) is 31.3 Å². The number of carbonyl (C=O) groups excluding carboxylic acids is 2. The highest BCUT2D eigenvalue weighted by Crippen LogP contribution is 2.19. The van der Waals surface area contributed by atoms with E-state index in [2.05, 4.69) is 20.3 Å². The number of nitrogens with one attached hydrogen (secondary N) is 3. The topological polar surface area (TPSA) is 117 Å². The highest BCUT2D eigenvalue weighted by atomic mass is 32.2. The summed E-state index contributed by atoms with van der Waals surface area (Å²) in [6.45, 7) is 5.22. The smallest absolute Gasteiger partial charge is 0.251 e. The van der Waals surface area contributed by atoms with Crippen LogP contribution in [-0.4, -0.2) is 31.8 Å². The Morgan fingerprint density at radius 2 is 1.64 bits per heavy atom. The van der Waals surface area contributed by atoms with Crippen LogP contribution in [0.15, 0.2) is 65.7 Å². The van der Waals surface area contributed by atoms with E-state index in [0.29, 0.717) is 16.9 Å². The molecule has 3 rings (SSSR count). The van der Waals surface area contributed by atoms with Crippen LogP contribution in [0.5, 0.6) is 0 Å². The second kappa shape index (κ2) is 10.4. The number of rotatable bonds is 8. The number of hydrogen-bond acceptors (Lipinski definition) is 5. The average Bonchev–Trinajstić information content (AvgIpc) is 2.79. The van der Waals surface area contributed by atoms with E-state index < -0.39 is 28.4 Å². The molecule has 8 nitrogen and oxygen atoms in total. The van der Waals surface area contributed by atoms with Gasteiger partial charge in [0, 0.05) is 17.4 Å². The maximum absolute atomic E-state index is 12.8. The molecule has 0 radical (unpaired) electrons. The summed E-state index contributed by atoms with van der Waals surface area (Å²) in [5.41, 5.74) is 3.96. The van der Waals surface area contributed by atoms with Crippen LogP contribution >= 0.6 is 0 Å². The number of aryl methyl sites for hydroxylation is 3. The standard InChI is InChI=1S/C24H26N4O4S/c1-16-10-11-20(13-21(16)24(30)26-14-19-9-4-5-12-25-19)33(31,32)27-15-22(29)28-23-17(2)7-6-8-18(23)3/h4-13,27H,14-15H2,1-3H3,(H,26,30)(H,28,29). The fraction of sp³-hybridized carbons (Fsp3) is 0.208. The van der Waals surface area contributed by atoms with Gasteiger partial charge < -0.3 is 10.6 Å². The van der Waals surface area contributed by atoms with Gasteiger partial charge in [-0.1, -0.05) is 30.3 Å². The Hall–Kier alpha value is -3.56. The van der Waals surface area contributed by atoms with E-state index in [1.807, 2.05) is 38.1 Å². The summed E-state index contributed by atoms with van der Waals surface area (Å²) in [7, 11) is -4.01. The van der Waals surface area contributed by atoms with Crippen LogP contribution < -0.4 is 15.4 Å². The summed E-state index contributed by atoms with van der Waals surface area (Å²) in [6.07, 6.45) is 1.63. The van der Waals surface area contributed by atoms with Gasteiger partial charge in [0.05, 0.1) is 23.7 Å². The van der Waals surface area contributed by atoms with Crippen molar-refractivity contribution in [3.05, 3.63) is 88.7 Å². The van der Waals surface area contributed by atoms with Crippen molar-refractivity contribution in [1.29, 1.82) is 0 Å². The third-order valence-electron chi connectivity index (χ3n) is 5.09. The third kappa shape index (κ3) is 6.24. The lowest BCUT2D eigenvalue weighted by Gasteiger charge is -2.13. The zero-order valence-electron chi connectivity index (χ0n) is 18.7. The highest BCUT2D eigenvalue weighted by molar-refractivity contribution is 7.89. The fourth-order valence-electron chi connectivity index (χ4n) is 3.22. The molecule has 172 valence electrons. The van der Waals surface area contributed by atoms with Crippen molar-refractivity contribution in [2.24, 2.45) is 0 Å². The van der Waals surface area contributed by atoms with Gasteiger partial charge in [0.25, 0.3) is 5.91 Å². The number of amides is 2. The van der Waals surface area contributed by atoms with Crippen molar-refractivity contribution in [2.45, 2.75) is 32.2 Å². The van der Waals surface area contributed by atoms with E-state index in [0.717, 1.165) is 11.1 Å². The van der Waals surface area contributed by atoms with Gasteiger partial charge in [-0.05, 0) is 61.7 Å². The molecule has 1 aromatic heterocycles. The molecule has 0 aliphatic heterocycles. The van der Waals surface area contributed by atoms with Crippen LogP contribution in [0.2, 0.25) is 0 Å². The minimum atomic E-state index is -4.01. The van der Waals surface area contributed by atoms with Crippen molar-refractivity contribution >= 4 is 27.5 Å². The summed E-state index contributed by atoms with van der Waals surface area (Å²) in [6, 6.07) is 15.2. The van der Waals surface area contributed by atoms with Crippen LogP contribution in [-0.2, 0) is 21.4 Å². The molecule has 0 aliphatic carbocycles. The number of para-hydroxylation sites is 1. The van der Waals surface area contributed by atoms with Crippen LogP contribution in [0.25, 0.3) is 0 Å². The van der Waals surface area contributed by atoms with E-state index in [-0.39, 0.29) is 17.0 Å². The van der Waals surface area contributed by atoms with Gasteiger partial charge in [0.1, 0.15) is 0 Å². The molecule has 1 heterocycles. The van der Waals surface area contributed by atoms with E-state index in [1.165, 1.54) is 12.1 Å². The quantitative estimate of drug-likeness (QED) is 0.472. The van der Waals surface area contributed by atoms with Gasteiger partial charge in [-0.25, -0.2) is 13.1 Å². The van der Waals surface area contributed by atoms with E-state index in [4.69, 9.17) is 0 Å². The van der Waals surface area contributed by atoms with Crippen LogP contribution in [0, 0.1) is 20.8 Å². The summed E-state index contributed by atoms with van der Waals surface area (Å²) in [4.78, 5) is 29.0. The van der Waals surface area contributed by atoms with Gasteiger partial charge in [-0.3, -0.25) is 14.6 Å². The van der Waals surface area contributed by atoms with Crippen molar-refractivity contribution < 1.29 is 18.0 Å². The van der Waals surface area contributed by atoms with Gasteiger partial charge >= 0.3 is 0 Å². The molecule has 0 fully saturated rings. The van der Waals surface area contributed by atoms with Crippen molar-refractivity contribution in [2.75, 3.05) is 11.9 Å². The summed E-state index contributed by atoms with van der Waals surface area (Å²) in [5.74, 6) is -0.903. The van der Waals surface area contributed by atoms with Crippen LogP contribution in [0.4, 0.5) is 5.69 Å². The Morgan fingerprint density at radius 3 is 2.30 bits per heavy atom.